The summed E-state index contributed by atoms with van der Waals surface area (Å²) in [5.74, 6) is 1.52. The van der Waals surface area contributed by atoms with E-state index in [1.807, 2.05) is 24.3 Å². The fraction of sp³-hybridized carbons (Fsp3) is 0.250. The minimum Gasteiger partial charge on any atom is -0.497 e. The number of furan rings is 1. The monoisotopic (exact) mass is 416 g/mol. The number of hydrogen-bond donors (Lipinski definition) is 2. The number of ether oxygens (including phenoxy) is 1. The van der Waals surface area contributed by atoms with Crippen molar-refractivity contribution < 1.29 is 13.9 Å². The van der Waals surface area contributed by atoms with Crippen molar-refractivity contribution in [2.75, 3.05) is 43.5 Å². The highest BCUT2D eigenvalue weighted by atomic mass is 16.5. The third kappa shape index (κ3) is 3.92. The number of fused-ring (bicyclic) bond motifs is 1. The van der Waals surface area contributed by atoms with Gasteiger partial charge < -0.3 is 24.7 Å². The molecule has 0 bridgehead atoms. The largest absolute Gasteiger partial charge is 0.497 e. The van der Waals surface area contributed by atoms with Gasteiger partial charge in [0.25, 0.3) is 5.91 Å². The highest BCUT2D eigenvalue weighted by molar-refractivity contribution is 6.04. The molecular formula is C24H24N4O3. The van der Waals surface area contributed by atoms with Crippen LogP contribution in [0.3, 0.4) is 0 Å². The van der Waals surface area contributed by atoms with E-state index in [4.69, 9.17) is 9.15 Å². The number of nitrogens with zero attached hydrogens (tertiary/aromatic N) is 2. The molecule has 2 N–H and O–H groups in total. The van der Waals surface area contributed by atoms with Crippen LogP contribution in [-0.2, 0) is 6.42 Å². The molecule has 0 spiro atoms. The highest BCUT2D eigenvalue weighted by Crippen LogP contribution is 2.34. The van der Waals surface area contributed by atoms with Crippen molar-refractivity contribution in [1.82, 2.24) is 10.3 Å². The minimum absolute atomic E-state index is 0.277. The van der Waals surface area contributed by atoms with Crippen LogP contribution in [0.1, 0.15) is 27.4 Å². The van der Waals surface area contributed by atoms with Crippen LogP contribution in [0.4, 0.5) is 11.4 Å². The van der Waals surface area contributed by atoms with Gasteiger partial charge >= 0.3 is 0 Å². The van der Waals surface area contributed by atoms with E-state index >= 15 is 0 Å². The number of nitrogens with one attached hydrogen (secondary N) is 2. The second-order valence-electron chi connectivity index (χ2n) is 7.66. The first-order valence-electron chi connectivity index (χ1n) is 10.4. The van der Waals surface area contributed by atoms with E-state index in [1.54, 1.807) is 25.6 Å². The number of methoxy groups -OCH3 is 1. The second-order valence-corrected chi connectivity index (χ2v) is 7.66. The molecule has 1 saturated heterocycles. The molecule has 1 fully saturated rings. The fourth-order valence-corrected chi connectivity index (χ4v) is 4.08. The molecule has 1 aliphatic carbocycles. The van der Waals surface area contributed by atoms with Crippen molar-refractivity contribution in [2.45, 2.75) is 6.42 Å². The SMILES string of the molecule is COc1ccc2c(c1)C=C(c1ccc(C(=O)Nc3cnccc3N3CCNCC3)o1)C2. The lowest BCUT2D eigenvalue weighted by Crippen LogP contribution is -2.43. The first-order chi connectivity index (χ1) is 15.2. The lowest BCUT2D eigenvalue weighted by molar-refractivity contribution is 0.0996. The number of rotatable bonds is 5. The number of allylic oxidation sites excluding steroid dienone is 1. The van der Waals surface area contributed by atoms with Crippen LogP contribution in [0.15, 0.2) is 53.2 Å². The van der Waals surface area contributed by atoms with E-state index in [-0.39, 0.29) is 11.7 Å². The zero-order chi connectivity index (χ0) is 21.2. The molecule has 0 radical (unpaired) electrons. The van der Waals surface area contributed by atoms with Crippen LogP contribution in [0, 0.1) is 0 Å². The number of carbonyl (C=O) groups is 1. The van der Waals surface area contributed by atoms with Gasteiger partial charge in [0.2, 0.25) is 0 Å². The maximum atomic E-state index is 12.9. The Morgan fingerprint density at radius 3 is 2.90 bits per heavy atom. The van der Waals surface area contributed by atoms with E-state index in [0.717, 1.165) is 55.2 Å². The van der Waals surface area contributed by atoms with Crippen LogP contribution in [-0.4, -0.2) is 44.2 Å². The number of anilines is 2. The molecule has 2 aliphatic rings. The molecule has 7 nitrogen and oxygen atoms in total. The van der Waals surface area contributed by atoms with E-state index in [1.165, 1.54) is 5.56 Å². The smallest absolute Gasteiger partial charge is 0.291 e. The van der Waals surface area contributed by atoms with Gasteiger partial charge in [-0.25, -0.2) is 0 Å². The van der Waals surface area contributed by atoms with E-state index in [2.05, 4.69) is 32.7 Å². The quantitative estimate of drug-likeness (QED) is 0.663. The summed E-state index contributed by atoms with van der Waals surface area (Å²) >= 11 is 0. The van der Waals surface area contributed by atoms with Gasteiger partial charge in [0.15, 0.2) is 5.76 Å². The third-order valence-corrected chi connectivity index (χ3v) is 5.71. The molecule has 0 atom stereocenters. The Balaban J connectivity index is 1.33. The number of carbonyl (C=O) groups excluding carboxylic acids is 1. The maximum Gasteiger partial charge on any atom is 0.291 e. The molecule has 7 heteroatoms. The molecular weight excluding hydrogens is 392 g/mol. The molecule has 158 valence electrons. The first kappa shape index (κ1) is 19.4. The summed E-state index contributed by atoms with van der Waals surface area (Å²) in [5, 5.41) is 6.31. The van der Waals surface area contributed by atoms with Crippen molar-refractivity contribution in [1.29, 1.82) is 0 Å². The molecule has 3 aromatic rings. The number of benzene rings is 1. The predicted molar refractivity (Wildman–Crippen MR) is 121 cm³/mol. The van der Waals surface area contributed by atoms with Crippen LogP contribution < -0.4 is 20.3 Å². The molecule has 3 heterocycles. The number of aromatic nitrogens is 1. The number of amides is 1. The summed E-state index contributed by atoms with van der Waals surface area (Å²) < 4.78 is 11.2. The highest BCUT2D eigenvalue weighted by Gasteiger charge is 2.21. The van der Waals surface area contributed by atoms with Crippen molar-refractivity contribution in [3.8, 4) is 5.75 Å². The van der Waals surface area contributed by atoms with Crippen LogP contribution in [0.5, 0.6) is 5.75 Å². The van der Waals surface area contributed by atoms with Crippen molar-refractivity contribution in [2.24, 2.45) is 0 Å². The lowest BCUT2D eigenvalue weighted by Gasteiger charge is -2.30. The van der Waals surface area contributed by atoms with Crippen LogP contribution in [0.2, 0.25) is 0 Å². The second kappa shape index (κ2) is 8.28. The predicted octanol–water partition coefficient (Wildman–Crippen LogP) is 3.44. The summed E-state index contributed by atoms with van der Waals surface area (Å²) in [7, 11) is 1.66. The lowest BCUT2D eigenvalue weighted by atomic mass is 10.1. The number of piperazine rings is 1. The van der Waals surface area contributed by atoms with E-state index in [9.17, 15) is 4.79 Å². The summed E-state index contributed by atoms with van der Waals surface area (Å²) in [6.45, 7) is 3.61. The molecule has 0 saturated carbocycles. The molecule has 0 unspecified atom stereocenters. The van der Waals surface area contributed by atoms with Gasteiger partial charge in [-0.15, -0.1) is 0 Å². The van der Waals surface area contributed by atoms with Gasteiger partial charge in [0.05, 0.1) is 24.7 Å². The Bertz CT molecular complexity index is 1150. The Morgan fingerprint density at radius 2 is 2.06 bits per heavy atom. The van der Waals surface area contributed by atoms with Crippen LogP contribution >= 0.6 is 0 Å². The average molecular weight is 416 g/mol. The standard InChI is InChI=1S/C24H24N4O3/c1-30-19-3-2-16-12-18(13-17(16)14-19)22-4-5-23(31-22)24(29)27-20-15-26-7-6-21(20)28-10-8-25-9-11-28/h2-7,13-15,25H,8-12H2,1H3,(H,27,29). The molecule has 2 aromatic heterocycles. The fourth-order valence-electron chi connectivity index (χ4n) is 4.08. The minimum atomic E-state index is -0.284. The molecule has 5 rings (SSSR count). The Labute approximate surface area is 180 Å². The van der Waals surface area contributed by atoms with Crippen molar-refractivity contribution in [3.63, 3.8) is 0 Å². The van der Waals surface area contributed by atoms with Gasteiger partial charge in [-0.05, 0) is 53.1 Å². The summed E-state index contributed by atoms with van der Waals surface area (Å²) in [6, 6.07) is 11.5. The Morgan fingerprint density at radius 1 is 1.19 bits per heavy atom. The first-order valence-corrected chi connectivity index (χ1v) is 10.4. The van der Waals surface area contributed by atoms with Gasteiger partial charge in [-0.1, -0.05) is 6.07 Å². The van der Waals surface area contributed by atoms with Gasteiger partial charge in [0, 0.05) is 38.8 Å². The number of pyridine rings is 1. The van der Waals surface area contributed by atoms with Crippen molar-refractivity contribution in [3.05, 3.63) is 71.4 Å². The van der Waals surface area contributed by atoms with Crippen LogP contribution in [0.25, 0.3) is 11.6 Å². The molecule has 31 heavy (non-hydrogen) atoms. The average Bonchev–Trinajstić information content (AvgIpc) is 3.47. The van der Waals surface area contributed by atoms with Gasteiger partial charge in [-0.2, -0.15) is 0 Å². The Hall–Kier alpha value is -3.58. The van der Waals surface area contributed by atoms with E-state index < -0.39 is 0 Å². The third-order valence-electron chi connectivity index (χ3n) is 5.71. The maximum absolute atomic E-state index is 12.9. The number of hydrogen-bond acceptors (Lipinski definition) is 6. The summed E-state index contributed by atoms with van der Waals surface area (Å²) in [4.78, 5) is 19.3. The molecule has 1 aromatic carbocycles. The molecule has 1 amide bonds. The Kier molecular flexibility index (Phi) is 5.18. The normalized spacial score (nSPS) is 15.4. The van der Waals surface area contributed by atoms with E-state index in [0.29, 0.717) is 11.4 Å². The summed E-state index contributed by atoms with van der Waals surface area (Å²) in [6.07, 6.45) is 6.28. The van der Waals surface area contributed by atoms with Crippen molar-refractivity contribution >= 4 is 28.9 Å². The topological polar surface area (TPSA) is 79.6 Å². The zero-order valence-corrected chi connectivity index (χ0v) is 17.4. The zero-order valence-electron chi connectivity index (χ0n) is 17.4. The molecule has 1 aliphatic heterocycles. The van der Waals surface area contributed by atoms with Gasteiger partial charge in [-0.3, -0.25) is 9.78 Å². The summed E-state index contributed by atoms with van der Waals surface area (Å²) in [5.41, 5.74) is 5.04. The van der Waals surface area contributed by atoms with Gasteiger partial charge in [0.1, 0.15) is 11.5 Å².